The lowest BCUT2D eigenvalue weighted by Crippen LogP contribution is -2.10. The lowest BCUT2D eigenvalue weighted by Gasteiger charge is -2.08. The smallest absolute Gasteiger partial charge is 0.161 e. The summed E-state index contributed by atoms with van der Waals surface area (Å²) in [6, 6.07) is 9.63. The molecule has 0 aliphatic heterocycles. The first-order valence-corrected chi connectivity index (χ1v) is 6.84. The van der Waals surface area contributed by atoms with Crippen LogP contribution in [0.4, 0.5) is 5.82 Å². The van der Waals surface area contributed by atoms with Crippen LogP contribution < -0.4 is 16.0 Å². The molecule has 5 heteroatoms. The first kappa shape index (κ1) is 14.3. The van der Waals surface area contributed by atoms with Crippen LogP contribution in [0.25, 0.3) is 11.4 Å². The second kappa shape index (κ2) is 6.86. The minimum absolute atomic E-state index is 0.623. The predicted octanol–water partition coefficient (Wildman–Crippen LogP) is 2.78. The first-order chi connectivity index (χ1) is 9.76. The summed E-state index contributed by atoms with van der Waals surface area (Å²) in [7, 11) is 0. The van der Waals surface area contributed by atoms with Gasteiger partial charge in [-0.3, -0.25) is 0 Å². The molecule has 0 saturated heterocycles. The molecular weight excluding hydrogens is 252 g/mol. The third-order valence-corrected chi connectivity index (χ3v) is 2.87. The van der Waals surface area contributed by atoms with Gasteiger partial charge in [-0.25, -0.2) is 15.8 Å². The maximum Gasteiger partial charge on any atom is 0.161 e. The molecule has 1 heterocycles. The van der Waals surface area contributed by atoms with Crippen LogP contribution in [-0.2, 0) is 6.42 Å². The molecule has 0 spiro atoms. The number of nitrogens with two attached hydrogens (primary N) is 1. The van der Waals surface area contributed by atoms with E-state index in [1.54, 1.807) is 0 Å². The van der Waals surface area contributed by atoms with Gasteiger partial charge in [-0.1, -0.05) is 13.8 Å². The molecule has 1 aromatic heterocycles. The molecule has 20 heavy (non-hydrogen) atoms. The minimum Gasteiger partial charge on any atom is -0.494 e. The molecular formula is C15H20N4O. The Hall–Kier alpha value is -2.14. The number of hydrogen-bond donors (Lipinski definition) is 2. The molecule has 2 rings (SSSR count). The third kappa shape index (κ3) is 3.45. The van der Waals surface area contributed by atoms with Crippen LogP contribution in [0.5, 0.6) is 5.75 Å². The van der Waals surface area contributed by atoms with Crippen molar-refractivity contribution in [3.05, 3.63) is 36.0 Å². The second-order valence-electron chi connectivity index (χ2n) is 4.44. The summed E-state index contributed by atoms with van der Waals surface area (Å²) >= 11 is 0. The number of nitrogens with one attached hydrogen (secondary N) is 1. The molecule has 1 aromatic carbocycles. The van der Waals surface area contributed by atoms with Crippen LogP contribution >= 0.6 is 0 Å². The summed E-state index contributed by atoms with van der Waals surface area (Å²) in [6.45, 7) is 4.86. The predicted molar refractivity (Wildman–Crippen MR) is 80.4 cm³/mol. The Kier molecular flexibility index (Phi) is 4.90. The average molecular weight is 272 g/mol. The van der Waals surface area contributed by atoms with Gasteiger partial charge < -0.3 is 10.2 Å². The molecule has 0 aliphatic carbocycles. The second-order valence-corrected chi connectivity index (χ2v) is 4.44. The lowest BCUT2D eigenvalue weighted by molar-refractivity contribution is 0.317. The summed E-state index contributed by atoms with van der Waals surface area (Å²) in [6.07, 6.45) is 1.83. The van der Waals surface area contributed by atoms with Gasteiger partial charge in [0.1, 0.15) is 11.6 Å². The van der Waals surface area contributed by atoms with Crippen LogP contribution in [-0.4, -0.2) is 16.6 Å². The summed E-state index contributed by atoms with van der Waals surface area (Å²) in [5.41, 5.74) is 4.47. The molecule has 3 N–H and O–H groups in total. The maximum absolute atomic E-state index is 5.56. The molecule has 106 valence electrons. The Morgan fingerprint density at radius 3 is 2.50 bits per heavy atom. The molecule has 0 unspecified atom stereocenters. The summed E-state index contributed by atoms with van der Waals surface area (Å²) in [4.78, 5) is 8.89. The van der Waals surface area contributed by atoms with Crippen LogP contribution in [0.1, 0.15) is 26.0 Å². The van der Waals surface area contributed by atoms with Gasteiger partial charge in [0.2, 0.25) is 0 Å². The normalized spacial score (nSPS) is 10.3. The van der Waals surface area contributed by atoms with Crippen molar-refractivity contribution in [2.24, 2.45) is 5.84 Å². The molecule has 0 aliphatic rings. The van der Waals surface area contributed by atoms with Gasteiger partial charge >= 0.3 is 0 Å². The highest BCUT2D eigenvalue weighted by molar-refractivity contribution is 5.58. The monoisotopic (exact) mass is 272 g/mol. The van der Waals surface area contributed by atoms with E-state index in [1.807, 2.05) is 37.3 Å². The summed E-state index contributed by atoms with van der Waals surface area (Å²) in [5, 5.41) is 0. The van der Waals surface area contributed by atoms with Gasteiger partial charge in [-0.15, -0.1) is 0 Å². The van der Waals surface area contributed by atoms with E-state index in [9.17, 15) is 0 Å². The van der Waals surface area contributed by atoms with Gasteiger partial charge in [-0.05, 0) is 37.1 Å². The quantitative estimate of drug-likeness (QED) is 0.625. The van der Waals surface area contributed by atoms with Crippen molar-refractivity contribution in [2.75, 3.05) is 12.0 Å². The number of nitrogens with zero attached hydrogens (tertiary/aromatic N) is 2. The fourth-order valence-corrected chi connectivity index (χ4v) is 1.80. The molecule has 0 atom stereocenters. The number of aromatic nitrogens is 2. The molecule has 0 saturated carbocycles. The Labute approximate surface area is 119 Å². The largest absolute Gasteiger partial charge is 0.494 e. The van der Waals surface area contributed by atoms with Gasteiger partial charge in [0.05, 0.1) is 6.61 Å². The van der Waals surface area contributed by atoms with Gasteiger partial charge in [0.25, 0.3) is 0 Å². The Morgan fingerprint density at radius 1 is 1.15 bits per heavy atom. The van der Waals surface area contributed by atoms with Gasteiger partial charge in [0, 0.05) is 17.3 Å². The molecule has 0 amide bonds. The van der Waals surface area contributed by atoms with Crippen molar-refractivity contribution in [1.82, 2.24) is 9.97 Å². The van der Waals surface area contributed by atoms with Crippen molar-refractivity contribution in [1.29, 1.82) is 0 Å². The van der Waals surface area contributed by atoms with Crippen LogP contribution in [0, 0.1) is 0 Å². The SMILES string of the molecule is CCCOc1ccc(-c2nc(CC)cc(NN)n2)cc1. The van der Waals surface area contributed by atoms with E-state index in [2.05, 4.69) is 22.3 Å². The number of benzene rings is 1. The van der Waals surface area contributed by atoms with E-state index in [0.29, 0.717) is 11.6 Å². The average Bonchev–Trinajstić information content (AvgIpc) is 2.52. The van der Waals surface area contributed by atoms with E-state index < -0.39 is 0 Å². The topological polar surface area (TPSA) is 73.1 Å². The number of nitrogen functional groups attached to an aromatic ring is 1. The van der Waals surface area contributed by atoms with E-state index in [-0.39, 0.29) is 0 Å². The fourth-order valence-electron chi connectivity index (χ4n) is 1.80. The van der Waals surface area contributed by atoms with Crippen molar-refractivity contribution in [3.63, 3.8) is 0 Å². The zero-order chi connectivity index (χ0) is 14.4. The molecule has 0 fully saturated rings. The highest BCUT2D eigenvalue weighted by Crippen LogP contribution is 2.21. The van der Waals surface area contributed by atoms with E-state index in [4.69, 9.17) is 10.6 Å². The standard InChI is InChI=1S/C15H20N4O/c1-3-9-20-13-7-5-11(6-8-13)15-17-12(4-2)10-14(18-15)19-16/h5-8,10H,3-4,9,16H2,1-2H3,(H,17,18,19). The number of aryl methyl sites for hydroxylation is 1. The van der Waals surface area contributed by atoms with E-state index in [1.165, 1.54) is 0 Å². The summed E-state index contributed by atoms with van der Waals surface area (Å²) in [5.74, 6) is 7.59. The highest BCUT2D eigenvalue weighted by Gasteiger charge is 2.06. The van der Waals surface area contributed by atoms with Crippen molar-refractivity contribution < 1.29 is 4.74 Å². The molecule has 0 radical (unpaired) electrons. The van der Waals surface area contributed by atoms with Crippen molar-refractivity contribution in [3.8, 4) is 17.1 Å². The Morgan fingerprint density at radius 2 is 1.90 bits per heavy atom. The molecule has 0 bridgehead atoms. The zero-order valence-electron chi connectivity index (χ0n) is 11.9. The minimum atomic E-state index is 0.623. The zero-order valence-corrected chi connectivity index (χ0v) is 11.9. The lowest BCUT2D eigenvalue weighted by atomic mass is 10.2. The fraction of sp³-hybridized carbons (Fsp3) is 0.333. The molecule has 2 aromatic rings. The van der Waals surface area contributed by atoms with Crippen LogP contribution in [0.2, 0.25) is 0 Å². The Balaban J connectivity index is 2.26. The number of anilines is 1. The van der Waals surface area contributed by atoms with Gasteiger partial charge in [0.15, 0.2) is 5.82 Å². The maximum atomic E-state index is 5.56. The first-order valence-electron chi connectivity index (χ1n) is 6.84. The number of ether oxygens (including phenoxy) is 1. The van der Waals surface area contributed by atoms with E-state index in [0.717, 1.165) is 36.5 Å². The highest BCUT2D eigenvalue weighted by atomic mass is 16.5. The van der Waals surface area contributed by atoms with E-state index >= 15 is 0 Å². The number of hydrazine groups is 1. The van der Waals surface area contributed by atoms with Crippen LogP contribution in [0.15, 0.2) is 30.3 Å². The number of rotatable bonds is 6. The third-order valence-electron chi connectivity index (χ3n) is 2.87. The van der Waals surface area contributed by atoms with Crippen molar-refractivity contribution >= 4 is 5.82 Å². The van der Waals surface area contributed by atoms with Crippen molar-refractivity contribution in [2.45, 2.75) is 26.7 Å². The number of hydrogen-bond acceptors (Lipinski definition) is 5. The Bertz CT molecular complexity index is 532. The molecule has 5 nitrogen and oxygen atoms in total. The van der Waals surface area contributed by atoms with Gasteiger partial charge in [-0.2, -0.15) is 0 Å². The van der Waals surface area contributed by atoms with Crippen LogP contribution in [0.3, 0.4) is 0 Å². The summed E-state index contributed by atoms with van der Waals surface area (Å²) < 4.78 is 5.56.